The zero-order valence-electron chi connectivity index (χ0n) is 10.7. The van der Waals surface area contributed by atoms with Crippen LogP contribution in [0, 0.1) is 5.92 Å². The number of hydrogen-bond acceptors (Lipinski definition) is 2. The fraction of sp³-hybridized carbons (Fsp3) is 0.769. The molecule has 3 nitrogen and oxygen atoms in total. The first kappa shape index (κ1) is 13.1. The van der Waals surface area contributed by atoms with Gasteiger partial charge in [0.1, 0.15) is 0 Å². The lowest BCUT2D eigenvalue weighted by atomic mass is 9.96. The quantitative estimate of drug-likeness (QED) is 0.800. The van der Waals surface area contributed by atoms with E-state index in [9.17, 15) is 0 Å². The van der Waals surface area contributed by atoms with Gasteiger partial charge in [0.05, 0.1) is 12.3 Å². The molecule has 2 heterocycles. The summed E-state index contributed by atoms with van der Waals surface area (Å²) in [4.78, 5) is 0.585. The third-order valence-electron chi connectivity index (χ3n) is 3.43. The molecule has 4 heteroatoms. The van der Waals surface area contributed by atoms with Crippen molar-refractivity contribution in [3.8, 4) is 0 Å². The molecule has 1 aromatic heterocycles. The number of rotatable bonds is 4. The molecule has 17 heavy (non-hydrogen) atoms. The van der Waals surface area contributed by atoms with Crippen molar-refractivity contribution in [3.05, 3.63) is 17.5 Å². The lowest BCUT2D eigenvalue weighted by molar-refractivity contribution is 0.0598. The molecule has 0 N–H and O–H groups in total. The van der Waals surface area contributed by atoms with Crippen molar-refractivity contribution in [2.75, 3.05) is 13.2 Å². The first-order valence-electron chi connectivity index (χ1n) is 6.52. The van der Waals surface area contributed by atoms with Gasteiger partial charge in [-0.1, -0.05) is 22.9 Å². The highest BCUT2D eigenvalue weighted by atomic mass is 79.9. The Kier molecular flexibility index (Phi) is 4.62. The van der Waals surface area contributed by atoms with E-state index in [2.05, 4.69) is 45.6 Å². The summed E-state index contributed by atoms with van der Waals surface area (Å²) >= 11 is 3.77. The molecular weight excluding hydrogens is 280 g/mol. The molecule has 0 aliphatic carbocycles. The second-order valence-electron chi connectivity index (χ2n) is 4.64. The summed E-state index contributed by atoms with van der Waals surface area (Å²) < 4.78 is 7.70. The number of halogens is 1. The van der Waals surface area contributed by atoms with Crippen molar-refractivity contribution >= 4 is 15.9 Å². The number of aromatic nitrogens is 2. The molecule has 1 aliphatic rings. The zero-order valence-corrected chi connectivity index (χ0v) is 12.2. The largest absolute Gasteiger partial charge is 0.381 e. The Morgan fingerprint density at radius 1 is 1.53 bits per heavy atom. The molecule has 1 saturated heterocycles. The summed E-state index contributed by atoms with van der Waals surface area (Å²) in [7, 11) is 0. The monoisotopic (exact) mass is 300 g/mol. The smallest absolute Gasteiger partial charge is 0.0624 e. The second-order valence-corrected chi connectivity index (χ2v) is 5.82. The van der Waals surface area contributed by atoms with Crippen LogP contribution in [0.4, 0.5) is 0 Å². The Balaban J connectivity index is 2.08. The molecule has 0 radical (unpaired) electrons. The molecular formula is C13H21BrN2O. The maximum atomic E-state index is 5.57. The van der Waals surface area contributed by atoms with Crippen LogP contribution in [-0.4, -0.2) is 27.8 Å². The van der Waals surface area contributed by atoms with Gasteiger partial charge in [0.2, 0.25) is 0 Å². The number of ether oxygens (including phenoxy) is 1. The van der Waals surface area contributed by atoms with Crippen LogP contribution in [0.25, 0.3) is 0 Å². The SMILES string of the molecule is CCc1cc(CC2COCCC2Br)n(CC)n1. The van der Waals surface area contributed by atoms with Gasteiger partial charge in [-0.25, -0.2) is 0 Å². The highest BCUT2D eigenvalue weighted by Crippen LogP contribution is 2.25. The average molecular weight is 301 g/mol. The third-order valence-corrected chi connectivity index (χ3v) is 4.63. The Morgan fingerprint density at radius 2 is 2.35 bits per heavy atom. The molecule has 0 aromatic carbocycles. The van der Waals surface area contributed by atoms with Crippen molar-refractivity contribution in [1.82, 2.24) is 9.78 Å². The van der Waals surface area contributed by atoms with Gasteiger partial charge in [-0.2, -0.15) is 5.10 Å². The molecule has 0 saturated carbocycles. The molecule has 2 unspecified atom stereocenters. The van der Waals surface area contributed by atoms with E-state index in [1.807, 2.05) is 0 Å². The Hall–Kier alpha value is -0.350. The lowest BCUT2D eigenvalue weighted by Gasteiger charge is -2.27. The summed E-state index contributed by atoms with van der Waals surface area (Å²) in [6, 6.07) is 2.25. The number of hydrogen-bond donors (Lipinski definition) is 0. The van der Waals surface area contributed by atoms with Crippen LogP contribution >= 0.6 is 15.9 Å². The fourth-order valence-corrected chi connectivity index (χ4v) is 2.88. The van der Waals surface area contributed by atoms with E-state index in [-0.39, 0.29) is 0 Å². The van der Waals surface area contributed by atoms with Crippen LogP contribution in [0.2, 0.25) is 0 Å². The van der Waals surface area contributed by atoms with E-state index in [0.717, 1.165) is 39.0 Å². The van der Waals surface area contributed by atoms with Gasteiger partial charge in [-0.3, -0.25) is 4.68 Å². The summed E-state index contributed by atoms with van der Waals surface area (Å²) in [6.45, 7) is 7.02. The first-order chi connectivity index (χ1) is 8.24. The lowest BCUT2D eigenvalue weighted by Crippen LogP contribution is -2.30. The summed E-state index contributed by atoms with van der Waals surface area (Å²) in [5.41, 5.74) is 2.55. The molecule has 2 atom stereocenters. The highest BCUT2D eigenvalue weighted by molar-refractivity contribution is 9.09. The van der Waals surface area contributed by atoms with Crippen molar-refractivity contribution in [3.63, 3.8) is 0 Å². The minimum absolute atomic E-state index is 0.579. The van der Waals surface area contributed by atoms with Gasteiger partial charge in [-0.15, -0.1) is 0 Å². The van der Waals surface area contributed by atoms with Gasteiger partial charge in [0.15, 0.2) is 0 Å². The van der Waals surface area contributed by atoms with E-state index in [4.69, 9.17) is 4.74 Å². The number of aryl methyl sites for hydroxylation is 2. The molecule has 0 spiro atoms. The van der Waals surface area contributed by atoms with Crippen LogP contribution in [-0.2, 0) is 24.1 Å². The normalized spacial score (nSPS) is 25.1. The fourth-order valence-electron chi connectivity index (χ4n) is 2.35. The molecule has 96 valence electrons. The van der Waals surface area contributed by atoms with Gasteiger partial charge in [0, 0.05) is 29.6 Å². The van der Waals surface area contributed by atoms with Crippen LogP contribution in [0.15, 0.2) is 6.07 Å². The number of alkyl halides is 1. The zero-order chi connectivity index (χ0) is 12.3. The van der Waals surface area contributed by atoms with Crippen molar-refractivity contribution in [1.29, 1.82) is 0 Å². The van der Waals surface area contributed by atoms with E-state index >= 15 is 0 Å². The van der Waals surface area contributed by atoms with Gasteiger partial charge < -0.3 is 4.74 Å². The van der Waals surface area contributed by atoms with E-state index in [0.29, 0.717) is 10.7 Å². The second kappa shape index (κ2) is 6.01. The predicted molar refractivity (Wildman–Crippen MR) is 72.6 cm³/mol. The Morgan fingerprint density at radius 3 is 3.00 bits per heavy atom. The van der Waals surface area contributed by atoms with E-state index in [1.54, 1.807) is 0 Å². The van der Waals surface area contributed by atoms with Crippen molar-refractivity contribution < 1.29 is 4.74 Å². The van der Waals surface area contributed by atoms with Crippen LogP contribution in [0.3, 0.4) is 0 Å². The standard InChI is InChI=1S/C13H21BrN2O/c1-3-11-8-12(16(4-2)15-11)7-10-9-17-6-5-13(10)14/h8,10,13H,3-7,9H2,1-2H3. The molecule has 0 bridgehead atoms. The van der Waals surface area contributed by atoms with Crippen molar-refractivity contribution in [2.24, 2.45) is 5.92 Å². The maximum absolute atomic E-state index is 5.57. The molecule has 1 fully saturated rings. The van der Waals surface area contributed by atoms with Crippen LogP contribution in [0.1, 0.15) is 31.7 Å². The molecule has 1 aromatic rings. The van der Waals surface area contributed by atoms with E-state index in [1.165, 1.54) is 11.4 Å². The topological polar surface area (TPSA) is 27.1 Å². The molecule has 2 rings (SSSR count). The van der Waals surface area contributed by atoms with Gasteiger partial charge >= 0.3 is 0 Å². The molecule has 0 amide bonds. The highest BCUT2D eigenvalue weighted by Gasteiger charge is 2.24. The summed E-state index contributed by atoms with van der Waals surface area (Å²) in [6.07, 6.45) is 3.20. The maximum Gasteiger partial charge on any atom is 0.0624 e. The van der Waals surface area contributed by atoms with Gasteiger partial charge in [-0.05, 0) is 32.3 Å². The van der Waals surface area contributed by atoms with Crippen molar-refractivity contribution in [2.45, 2.75) is 44.5 Å². The van der Waals surface area contributed by atoms with Crippen LogP contribution < -0.4 is 0 Å². The number of nitrogens with zero attached hydrogens (tertiary/aromatic N) is 2. The first-order valence-corrected chi connectivity index (χ1v) is 7.43. The minimum atomic E-state index is 0.579. The predicted octanol–water partition coefficient (Wildman–Crippen LogP) is 2.81. The average Bonchev–Trinajstić information content (AvgIpc) is 2.74. The third kappa shape index (κ3) is 3.10. The molecule has 1 aliphatic heterocycles. The van der Waals surface area contributed by atoms with Gasteiger partial charge in [0.25, 0.3) is 0 Å². The van der Waals surface area contributed by atoms with Crippen LogP contribution in [0.5, 0.6) is 0 Å². The Bertz CT molecular complexity index is 364. The minimum Gasteiger partial charge on any atom is -0.381 e. The summed E-state index contributed by atoms with van der Waals surface area (Å²) in [5, 5.41) is 4.60. The summed E-state index contributed by atoms with van der Waals surface area (Å²) in [5.74, 6) is 0.579. The van der Waals surface area contributed by atoms with E-state index < -0.39 is 0 Å². The Labute approximate surface area is 112 Å².